The fourth-order valence-corrected chi connectivity index (χ4v) is 2.97. The predicted molar refractivity (Wildman–Crippen MR) is 86.6 cm³/mol. The van der Waals surface area contributed by atoms with Crippen molar-refractivity contribution in [3.05, 3.63) is 38.9 Å². The van der Waals surface area contributed by atoms with Crippen molar-refractivity contribution in [2.45, 2.75) is 38.4 Å². The van der Waals surface area contributed by atoms with Gasteiger partial charge < -0.3 is 10.4 Å². The van der Waals surface area contributed by atoms with E-state index in [-0.39, 0.29) is 24.3 Å². The minimum absolute atomic E-state index is 0.0244. The van der Waals surface area contributed by atoms with Gasteiger partial charge in [-0.15, -0.1) is 0 Å². The third-order valence-electron chi connectivity index (χ3n) is 4.20. The van der Waals surface area contributed by atoms with Crippen LogP contribution in [-0.2, 0) is 11.3 Å². The Kier molecular flexibility index (Phi) is 5.92. The number of non-ortho nitro benzene ring substituents is 1. The van der Waals surface area contributed by atoms with Gasteiger partial charge in [0.1, 0.15) is 0 Å². The number of hydrogen-bond acceptors (Lipinski definition) is 5. The molecular weight excluding hydrogens is 322 g/mol. The largest absolute Gasteiger partial charge is 0.480 e. The molecule has 1 aliphatic rings. The van der Waals surface area contributed by atoms with Crippen LogP contribution in [0, 0.1) is 10.1 Å². The van der Waals surface area contributed by atoms with Gasteiger partial charge in [-0.25, -0.2) is 0 Å². The third kappa shape index (κ3) is 4.63. The number of nitrogens with one attached hydrogen (secondary N) is 1. The summed E-state index contributed by atoms with van der Waals surface area (Å²) in [5.74, 6) is -0.813. The first-order valence-corrected chi connectivity index (χ1v) is 7.90. The molecule has 126 valence electrons. The molecule has 23 heavy (non-hydrogen) atoms. The molecule has 7 nitrogen and oxygen atoms in total. The summed E-state index contributed by atoms with van der Waals surface area (Å²) in [5.41, 5.74) is 0.721. The number of carboxylic acids is 1. The van der Waals surface area contributed by atoms with Crippen LogP contribution in [0.3, 0.4) is 0 Å². The molecule has 0 spiro atoms. The Morgan fingerprint density at radius 1 is 1.52 bits per heavy atom. The average molecular weight is 342 g/mol. The highest BCUT2D eigenvalue weighted by molar-refractivity contribution is 6.31. The van der Waals surface area contributed by atoms with E-state index in [0.717, 1.165) is 12.8 Å². The molecule has 2 N–H and O–H groups in total. The van der Waals surface area contributed by atoms with E-state index in [2.05, 4.69) is 5.32 Å². The number of nitro benzene ring substituents is 1. The van der Waals surface area contributed by atoms with Crippen LogP contribution in [0.5, 0.6) is 0 Å². The number of hydrogen-bond donors (Lipinski definition) is 2. The van der Waals surface area contributed by atoms with Crippen molar-refractivity contribution in [1.82, 2.24) is 10.2 Å². The van der Waals surface area contributed by atoms with Crippen LogP contribution in [0.15, 0.2) is 18.2 Å². The molecule has 1 saturated carbocycles. The Labute approximate surface area is 139 Å². The zero-order valence-electron chi connectivity index (χ0n) is 12.9. The third-order valence-corrected chi connectivity index (χ3v) is 4.56. The van der Waals surface area contributed by atoms with E-state index in [0.29, 0.717) is 23.7 Å². The van der Waals surface area contributed by atoms with Crippen molar-refractivity contribution in [3.63, 3.8) is 0 Å². The number of carbonyl (C=O) groups is 1. The topological polar surface area (TPSA) is 95.7 Å². The fraction of sp³-hybridized carbons (Fsp3) is 0.533. The van der Waals surface area contributed by atoms with Crippen LogP contribution in [0.2, 0.25) is 5.02 Å². The number of nitro groups is 1. The van der Waals surface area contributed by atoms with Gasteiger partial charge in [0.05, 0.1) is 11.5 Å². The highest BCUT2D eigenvalue weighted by Gasteiger charge is 2.33. The Balaban J connectivity index is 1.84. The summed E-state index contributed by atoms with van der Waals surface area (Å²) in [6.07, 6.45) is 1.74. The Morgan fingerprint density at radius 3 is 2.78 bits per heavy atom. The monoisotopic (exact) mass is 341 g/mol. The Bertz CT molecular complexity index is 590. The molecule has 0 amide bonds. The van der Waals surface area contributed by atoms with Crippen molar-refractivity contribution < 1.29 is 14.8 Å². The SMILES string of the molecule is CCN(CC(=O)O)C1CC(NCc2cc([N+](=O)[O-])ccc2Cl)C1. The van der Waals surface area contributed by atoms with Crippen molar-refractivity contribution >= 4 is 23.3 Å². The summed E-state index contributed by atoms with van der Waals surface area (Å²) in [5, 5.41) is 23.5. The summed E-state index contributed by atoms with van der Waals surface area (Å²) in [7, 11) is 0. The summed E-state index contributed by atoms with van der Waals surface area (Å²) < 4.78 is 0. The van der Waals surface area contributed by atoms with E-state index in [4.69, 9.17) is 16.7 Å². The first-order chi connectivity index (χ1) is 10.9. The lowest BCUT2D eigenvalue weighted by atomic mass is 9.85. The zero-order valence-corrected chi connectivity index (χ0v) is 13.6. The van der Waals surface area contributed by atoms with E-state index >= 15 is 0 Å². The van der Waals surface area contributed by atoms with Gasteiger partial charge in [0.2, 0.25) is 0 Å². The van der Waals surface area contributed by atoms with Crippen LogP contribution >= 0.6 is 11.6 Å². The van der Waals surface area contributed by atoms with E-state index in [1.54, 1.807) is 0 Å². The van der Waals surface area contributed by atoms with Gasteiger partial charge in [0, 0.05) is 35.8 Å². The van der Waals surface area contributed by atoms with Gasteiger partial charge >= 0.3 is 5.97 Å². The highest BCUT2D eigenvalue weighted by atomic mass is 35.5. The Hall–Kier alpha value is -1.70. The maximum absolute atomic E-state index is 10.8. The molecule has 0 aliphatic heterocycles. The number of nitrogens with zero attached hydrogens (tertiary/aromatic N) is 2. The average Bonchev–Trinajstić information content (AvgIpc) is 2.45. The maximum Gasteiger partial charge on any atom is 0.317 e. The van der Waals surface area contributed by atoms with Crippen molar-refractivity contribution in [2.75, 3.05) is 13.1 Å². The molecule has 0 aromatic heterocycles. The number of halogens is 1. The van der Waals surface area contributed by atoms with E-state index in [9.17, 15) is 14.9 Å². The second kappa shape index (κ2) is 7.72. The van der Waals surface area contributed by atoms with E-state index < -0.39 is 10.9 Å². The quantitative estimate of drug-likeness (QED) is 0.556. The molecule has 0 radical (unpaired) electrons. The van der Waals surface area contributed by atoms with Gasteiger partial charge in [0.15, 0.2) is 0 Å². The summed E-state index contributed by atoms with van der Waals surface area (Å²) in [6.45, 7) is 3.18. The second-order valence-electron chi connectivity index (χ2n) is 5.69. The van der Waals surface area contributed by atoms with Crippen LogP contribution in [0.25, 0.3) is 0 Å². The molecule has 0 bridgehead atoms. The molecular formula is C15H20ClN3O4. The molecule has 0 heterocycles. The lowest BCUT2D eigenvalue weighted by Crippen LogP contribution is -2.53. The standard InChI is InChI=1S/C15H20ClN3O4/c1-2-18(9-15(20)21)13-6-11(7-13)17-8-10-5-12(19(22)23)3-4-14(10)16/h3-5,11,13,17H,2,6-9H2,1H3,(H,20,21). The van der Waals surface area contributed by atoms with Crippen LogP contribution in [0.1, 0.15) is 25.3 Å². The summed E-state index contributed by atoms with van der Waals surface area (Å²) in [4.78, 5) is 23.1. The highest BCUT2D eigenvalue weighted by Crippen LogP contribution is 2.27. The molecule has 1 aromatic carbocycles. The molecule has 2 rings (SSSR count). The minimum Gasteiger partial charge on any atom is -0.480 e. The summed E-state index contributed by atoms with van der Waals surface area (Å²) in [6, 6.07) is 4.95. The van der Waals surface area contributed by atoms with Gasteiger partial charge in [-0.2, -0.15) is 0 Å². The molecule has 1 aromatic rings. The predicted octanol–water partition coefficient (Wildman–Crippen LogP) is 2.28. The molecule has 1 aliphatic carbocycles. The molecule has 0 unspecified atom stereocenters. The maximum atomic E-state index is 10.8. The van der Waals surface area contributed by atoms with Gasteiger partial charge in [-0.1, -0.05) is 18.5 Å². The normalized spacial score (nSPS) is 20.3. The Morgan fingerprint density at radius 2 is 2.22 bits per heavy atom. The molecule has 0 atom stereocenters. The second-order valence-corrected chi connectivity index (χ2v) is 6.10. The van der Waals surface area contributed by atoms with Crippen LogP contribution in [0.4, 0.5) is 5.69 Å². The smallest absolute Gasteiger partial charge is 0.317 e. The number of likely N-dealkylation sites (N-methyl/N-ethyl adjacent to an activating group) is 1. The van der Waals surface area contributed by atoms with Crippen LogP contribution in [-0.4, -0.2) is 46.1 Å². The lowest BCUT2D eigenvalue weighted by Gasteiger charge is -2.42. The minimum atomic E-state index is -0.813. The van der Waals surface area contributed by atoms with E-state index in [1.807, 2.05) is 11.8 Å². The summed E-state index contributed by atoms with van der Waals surface area (Å²) >= 11 is 6.07. The van der Waals surface area contributed by atoms with Gasteiger partial charge in [-0.05, 0) is 31.0 Å². The zero-order chi connectivity index (χ0) is 17.0. The van der Waals surface area contributed by atoms with Gasteiger partial charge in [0.25, 0.3) is 5.69 Å². The molecule has 0 saturated heterocycles. The van der Waals surface area contributed by atoms with E-state index in [1.165, 1.54) is 18.2 Å². The number of aliphatic carboxylic acids is 1. The lowest BCUT2D eigenvalue weighted by molar-refractivity contribution is -0.384. The number of rotatable bonds is 8. The van der Waals surface area contributed by atoms with Gasteiger partial charge in [-0.3, -0.25) is 19.8 Å². The molecule has 8 heteroatoms. The first-order valence-electron chi connectivity index (χ1n) is 7.52. The van der Waals surface area contributed by atoms with Crippen LogP contribution < -0.4 is 5.32 Å². The van der Waals surface area contributed by atoms with Crippen molar-refractivity contribution in [3.8, 4) is 0 Å². The first kappa shape index (κ1) is 17.7. The number of benzene rings is 1. The van der Waals surface area contributed by atoms with Crippen molar-refractivity contribution in [1.29, 1.82) is 0 Å². The van der Waals surface area contributed by atoms with Crippen molar-refractivity contribution in [2.24, 2.45) is 0 Å². The fourth-order valence-electron chi connectivity index (χ4n) is 2.79. The molecule has 1 fully saturated rings. The number of carboxylic acid groups (broad SMARTS) is 1.